The Morgan fingerprint density at radius 2 is 1.81 bits per heavy atom. The van der Waals surface area contributed by atoms with Gasteiger partial charge in [0, 0.05) is 19.4 Å². The molecule has 7 heteroatoms. The van der Waals surface area contributed by atoms with Crippen LogP contribution in [0.1, 0.15) is 22.8 Å². The van der Waals surface area contributed by atoms with Crippen LogP contribution in [-0.4, -0.2) is 17.3 Å². The minimum absolute atomic E-state index is 0.0373. The van der Waals surface area contributed by atoms with Gasteiger partial charge in [-0.15, -0.1) is 0 Å². The highest BCUT2D eigenvalue weighted by atomic mass is 32.1. The Kier molecular flexibility index (Phi) is 3.58. The molecule has 2 aromatic carbocycles. The topological polar surface area (TPSA) is 60.8 Å². The van der Waals surface area contributed by atoms with Crippen molar-refractivity contribution in [3.05, 3.63) is 68.6 Å². The van der Waals surface area contributed by atoms with E-state index in [1.807, 2.05) is 48.5 Å². The highest BCUT2D eigenvalue weighted by Crippen LogP contribution is 2.46. The van der Waals surface area contributed by atoms with Crippen molar-refractivity contribution in [3.8, 4) is 11.5 Å². The van der Waals surface area contributed by atoms with Gasteiger partial charge in [-0.1, -0.05) is 35.6 Å². The van der Waals surface area contributed by atoms with E-state index in [1.54, 1.807) is 16.5 Å². The van der Waals surface area contributed by atoms with Crippen molar-refractivity contribution >= 4 is 28.7 Å². The lowest BCUT2D eigenvalue weighted by Crippen LogP contribution is -2.34. The lowest BCUT2D eigenvalue weighted by Gasteiger charge is -2.32. The Balaban J connectivity index is 1.67. The quantitative estimate of drug-likeness (QED) is 0.684. The van der Waals surface area contributed by atoms with Crippen LogP contribution in [-0.2, 0) is 11.8 Å². The number of thiazole rings is 1. The first-order chi connectivity index (χ1) is 13.1. The highest BCUT2D eigenvalue weighted by molar-refractivity contribution is 7.10. The summed E-state index contributed by atoms with van der Waals surface area (Å²) in [5.41, 5.74) is 1.71. The normalized spacial score (nSPS) is 17.9. The minimum atomic E-state index is -0.180. The number of fused-ring (bicyclic) bond motifs is 2. The molecule has 2 aliphatic rings. The first-order valence-electron chi connectivity index (χ1n) is 8.61. The van der Waals surface area contributed by atoms with Gasteiger partial charge in [0.1, 0.15) is 5.82 Å². The number of ether oxygens (including phenoxy) is 2. The number of carbonyl (C=O) groups is 1. The minimum Gasteiger partial charge on any atom is -0.454 e. The van der Waals surface area contributed by atoms with Crippen LogP contribution in [0.3, 0.4) is 0 Å². The molecule has 0 N–H and O–H groups in total. The summed E-state index contributed by atoms with van der Waals surface area (Å²) in [7, 11) is 1.71. The van der Waals surface area contributed by atoms with Gasteiger partial charge in [-0.3, -0.25) is 19.1 Å². The molecule has 2 aliphatic heterocycles. The first-order valence-corrected chi connectivity index (χ1v) is 9.42. The van der Waals surface area contributed by atoms with Crippen molar-refractivity contribution in [1.82, 2.24) is 4.57 Å². The summed E-state index contributed by atoms with van der Waals surface area (Å²) in [6.45, 7) is 0.202. The second-order valence-electron chi connectivity index (χ2n) is 6.55. The van der Waals surface area contributed by atoms with Gasteiger partial charge in [-0.25, -0.2) is 0 Å². The van der Waals surface area contributed by atoms with Crippen molar-refractivity contribution in [2.45, 2.75) is 12.3 Å². The van der Waals surface area contributed by atoms with E-state index in [4.69, 9.17) is 9.47 Å². The first kappa shape index (κ1) is 16.1. The van der Waals surface area contributed by atoms with Gasteiger partial charge in [0.25, 0.3) is 0 Å². The predicted octanol–water partition coefficient (Wildman–Crippen LogP) is 3.38. The zero-order valence-electron chi connectivity index (χ0n) is 14.5. The third kappa shape index (κ3) is 2.46. The number of para-hydroxylation sites is 1. The average molecular weight is 380 g/mol. The lowest BCUT2D eigenvalue weighted by molar-refractivity contribution is -0.118. The van der Waals surface area contributed by atoms with Crippen LogP contribution in [0, 0.1) is 0 Å². The SMILES string of the molecule is Cn1c2c(sc1=O)[C@H](c1ccc3c(c1)OCO3)CC(=O)N2c1ccccc1. The Labute approximate surface area is 159 Å². The molecular weight excluding hydrogens is 364 g/mol. The Morgan fingerprint density at radius 3 is 2.63 bits per heavy atom. The number of anilines is 2. The van der Waals surface area contributed by atoms with E-state index in [0.717, 1.165) is 16.1 Å². The van der Waals surface area contributed by atoms with Crippen molar-refractivity contribution in [3.63, 3.8) is 0 Å². The van der Waals surface area contributed by atoms with Crippen LogP contribution < -0.4 is 19.2 Å². The Bertz CT molecular complexity index is 1100. The maximum Gasteiger partial charge on any atom is 0.308 e. The second kappa shape index (κ2) is 5.99. The molecule has 0 radical (unpaired) electrons. The van der Waals surface area contributed by atoms with Crippen molar-refractivity contribution < 1.29 is 14.3 Å². The number of amides is 1. The van der Waals surface area contributed by atoms with Gasteiger partial charge in [-0.05, 0) is 29.8 Å². The van der Waals surface area contributed by atoms with Gasteiger partial charge in [0.2, 0.25) is 12.7 Å². The third-order valence-corrected chi connectivity index (χ3v) is 6.11. The summed E-state index contributed by atoms with van der Waals surface area (Å²) >= 11 is 1.19. The number of nitrogens with zero attached hydrogens (tertiary/aromatic N) is 2. The van der Waals surface area contributed by atoms with Crippen molar-refractivity contribution in [2.24, 2.45) is 7.05 Å². The van der Waals surface area contributed by atoms with Crippen molar-refractivity contribution in [1.29, 1.82) is 0 Å². The van der Waals surface area contributed by atoms with E-state index >= 15 is 0 Å². The molecular formula is C20H16N2O4S. The number of benzene rings is 2. The van der Waals surface area contributed by atoms with Gasteiger partial charge in [0.05, 0.1) is 10.6 Å². The average Bonchev–Trinajstić information content (AvgIpc) is 3.27. The molecule has 0 fully saturated rings. The molecule has 3 aromatic rings. The van der Waals surface area contributed by atoms with Crippen LogP contribution in [0.15, 0.2) is 53.3 Å². The number of carbonyl (C=O) groups excluding carboxylic acids is 1. The highest BCUT2D eigenvalue weighted by Gasteiger charge is 2.37. The fourth-order valence-electron chi connectivity index (χ4n) is 3.67. The maximum atomic E-state index is 13.1. The van der Waals surface area contributed by atoms with Crippen molar-refractivity contribution in [2.75, 3.05) is 11.7 Å². The van der Waals surface area contributed by atoms with E-state index in [-0.39, 0.29) is 23.5 Å². The summed E-state index contributed by atoms with van der Waals surface area (Å²) in [5.74, 6) is 1.81. The molecule has 136 valence electrons. The molecule has 6 nitrogen and oxygen atoms in total. The van der Waals surface area contributed by atoms with Crippen LogP contribution in [0.2, 0.25) is 0 Å². The second-order valence-corrected chi connectivity index (χ2v) is 7.54. The summed E-state index contributed by atoms with van der Waals surface area (Å²) in [5, 5.41) is 0. The predicted molar refractivity (Wildman–Crippen MR) is 102 cm³/mol. The Morgan fingerprint density at radius 1 is 1.04 bits per heavy atom. The standard InChI is InChI=1S/C20H16N2O4S/c1-21-19-18(27-20(21)24)14(12-7-8-15-16(9-12)26-11-25-15)10-17(23)22(19)13-5-3-2-4-6-13/h2-9,14H,10-11H2,1H3/t14-/m0/s1. The fraction of sp³-hybridized carbons (Fsp3) is 0.200. The molecule has 0 unspecified atom stereocenters. The molecule has 0 saturated carbocycles. The molecule has 1 aromatic heterocycles. The van der Waals surface area contributed by atoms with Gasteiger partial charge >= 0.3 is 4.87 Å². The van der Waals surface area contributed by atoms with Crippen LogP contribution >= 0.6 is 11.3 Å². The molecule has 0 bridgehead atoms. The molecule has 0 saturated heterocycles. The fourth-order valence-corrected chi connectivity index (χ4v) is 4.76. The van der Waals surface area contributed by atoms with E-state index < -0.39 is 0 Å². The van der Waals surface area contributed by atoms with E-state index in [1.165, 1.54) is 11.3 Å². The molecule has 27 heavy (non-hydrogen) atoms. The number of aromatic nitrogens is 1. The molecule has 1 atom stereocenters. The number of hydrogen-bond acceptors (Lipinski definition) is 5. The Hall–Kier alpha value is -3.06. The molecule has 0 aliphatic carbocycles. The molecule has 1 amide bonds. The van der Waals surface area contributed by atoms with E-state index in [0.29, 0.717) is 23.7 Å². The molecule has 0 spiro atoms. The van der Waals surface area contributed by atoms with E-state index in [9.17, 15) is 9.59 Å². The van der Waals surface area contributed by atoms with Gasteiger partial charge in [0.15, 0.2) is 11.5 Å². The zero-order chi connectivity index (χ0) is 18.5. The van der Waals surface area contributed by atoms with Crippen LogP contribution in [0.25, 0.3) is 0 Å². The maximum absolute atomic E-state index is 13.1. The van der Waals surface area contributed by atoms with Gasteiger partial charge in [-0.2, -0.15) is 0 Å². The molecule has 3 heterocycles. The molecule has 5 rings (SSSR count). The summed E-state index contributed by atoms with van der Waals surface area (Å²) < 4.78 is 12.4. The van der Waals surface area contributed by atoms with E-state index in [2.05, 4.69) is 0 Å². The lowest BCUT2D eigenvalue weighted by atomic mass is 9.90. The largest absolute Gasteiger partial charge is 0.454 e. The smallest absolute Gasteiger partial charge is 0.308 e. The van der Waals surface area contributed by atoms with Gasteiger partial charge < -0.3 is 9.47 Å². The zero-order valence-corrected chi connectivity index (χ0v) is 15.4. The third-order valence-electron chi connectivity index (χ3n) is 4.98. The number of hydrogen-bond donors (Lipinski definition) is 0. The summed E-state index contributed by atoms with van der Waals surface area (Å²) in [4.78, 5) is 28.0. The summed E-state index contributed by atoms with van der Waals surface area (Å²) in [6, 6.07) is 15.1. The monoisotopic (exact) mass is 380 g/mol. The summed E-state index contributed by atoms with van der Waals surface area (Å²) in [6.07, 6.45) is 0.293. The number of rotatable bonds is 2. The van der Waals surface area contributed by atoms with Crippen LogP contribution in [0.5, 0.6) is 11.5 Å². The van der Waals surface area contributed by atoms with Crippen LogP contribution in [0.4, 0.5) is 11.5 Å².